The van der Waals surface area contributed by atoms with Gasteiger partial charge in [0.15, 0.2) is 0 Å². The molecule has 3 nitrogen and oxygen atoms in total. The zero-order chi connectivity index (χ0) is 12.4. The second kappa shape index (κ2) is 4.80. The molecule has 4 heteroatoms. The van der Waals surface area contributed by atoms with Crippen LogP contribution < -0.4 is 5.56 Å². The molecule has 0 unspecified atom stereocenters. The highest BCUT2D eigenvalue weighted by atomic mass is 35.5. The molecule has 0 bridgehead atoms. The van der Waals surface area contributed by atoms with Crippen LogP contribution in [0.3, 0.4) is 0 Å². The molecule has 90 valence electrons. The van der Waals surface area contributed by atoms with Crippen LogP contribution in [0, 0.1) is 0 Å². The van der Waals surface area contributed by atoms with Crippen molar-refractivity contribution in [3.05, 3.63) is 57.0 Å². The van der Waals surface area contributed by atoms with Crippen LogP contribution in [0.4, 0.5) is 0 Å². The smallest absolute Gasteiger partial charge is 0.282 e. The maximum atomic E-state index is 11.2. The highest BCUT2D eigenvalue weighted by molar-refractivity contribution is 6.30. The van der Waals surface area contributed by atoms with Crippen LogP contribution in [0.1, 0.15) is 30.9 Å². The molecule has 1 N–H and O–H groups in total. The average Bonchev–Trinajstić information content (AvgIpc) is 2.58. The minimum absolute atomic E-state index is 0.226. The molecule has 0 amide bonds. The van der Waals surface area contributed by atoms with Gasteiger partial charge in [0.1, 0.15) is 5.02 Å². The minimum atomic E-state index is -0.245. The van der Waals surface area contributed by atoms with E-state index < -0.39 is 0 Å². The van der Waals surface area contributed by atoms with E-state index in [2.05, 4.69) is 43.2 Å². The third-order valence-corrected chi connectivity index (χ3v) is 3.00. The Hall–Kier alpha value is -1.48. The Balaban J connectivity index is 2.16. The largest absolute Gasteiger partial charge is 0.286 e. The molecule has 1 aromatic carbocycles. The predicted octanol–water partition coefficient (Wildman–Crippen LogP) is 3.00. The molecule has 1 aromatic heterocycles. The van der Waals surface area contributed by atoms with Gasteiger partial charge in [0.05, 0.1) is 6.54 Å². The van der Waals surface area contributed by atoms with Gasteiger partial charge in [-0.25, -0.2) is 0 Å². The number of aromatic amines is 1. The number of H-pyrrole nitrogens is 1. The van der Waals surface area contributed by atoms with Crippen molar-refractivity contribution in [2.24, 2.45) is 0 Å². The Morgan fingerprint density at radius 1 is 1.29 bits per heavy atom. The summed E-state index contributed by atoms with van der Waals surface area (Å²) in [6, 6.07) is 8.37. The van der Waals surface area contributed by atoms with Crippen molar-refractivity contribution < 1.29 is 0 Å². The zero-order valence-electron chi connectivity index (χ0n) is 9.90. The van der Waals surface area contributed by atoms with Crippen LogP contribution in [0.5, 0.6) is 0 Å². The van der Waals surface area contributed by atoms with E-state index in [9.17, 15) is 4.79 Å². The number of nitrogens with one attached hydrogen (secondary N) is 1. The monoisotopic (exact) mass is 250 g/mol. The topological polar surface area (TPSA) is 37.8 Å². The van der Waals surface area contributed by atoms with Crippen molar-refractivity contribution in [1.82, 2.24) is 9.78 Å². The Morgan fingerprint density at radius 3 is 2.41 bits per heavy atom. The first kappa shape index (κ1) is 12.0. The number of halogens is 1. The maximum Gasteiger partial charge on any atom is 0.282 e. The number of aromatic nitrogens is 2. The minimum Gasteiger partial charge on any atom is -0.286 e. The second-order valence-electron chi connectivity index (χ2n) is 4.44. The van der Waals surface area contributed by atoms with E-state index in [0.717, 1.165) is 5.56 Å². The molecule has 2 aromatic rings. The Morgan fingerprint density at radius 2 is 1.94 bits per heavy atom. The van der Waals surface area contributed by atoms with Gasteiger partial charge in [-0.05, 0) is 17.0 Å². The van der Waals surface area contributed by atoms with E-state index in [1.165, 1.54) is 5.56 Å². The van der Waals surface area contributed by atoms with E-state index in [1.54, 1.807) is 10.9 Å². The van der Waals surface area contributed by atoms with Crippen molar-refractivity contribution in [1.29, 1.82) is 0 Å². The van der Waals surface area contributed by atoms with Crippen LogP contribution in [0.2, 0.25) is 5.02 Å². The number of nitrogens with zero attached hydrogens (tertiary/aromatic N) is 1. The van der Waals surface area contributed by atoms with Gasteiger partial charge in [-0.2, -0.15) is 0 Å². The highest BCUT2D eigenvalue weighted by Crippen LogP contribution is 2.15. The summed E-state index contributed by atoms with van der Waals surface area (Å²) in [6.45, 7) is 4.96. The number of benzene rings is 1. The first-order chi connectivity index (χ1) is 8.06. The molecular formula is C13H15ClN2O. The SMILES string of the molecule is CC(C)c1ccc(Cn2cc(Cl)c(=O)[nH]2)cc1. The molecule has 2 rings (SSSR count). The number of rotatable bonds is 3. The molecule has 0 saturated heterocycles. The molecule has 0 fully saturated rings. The van der Waals surface area contributed by atoms with Gasteiger partial charge in [-0.15, -0.1) is 0 Å². The van der Waals surface area contributed by atoms with Crippen molar-refractivity contribution >= 4 is 11.6 Å². The van der Waals surface area contributed by atoms with E-state index in [4.69, 9.17) is 11.6 Å². The lowest BCUT2D eigenvalue weighted by atomic mass is 10.0. The second-order valence-corrected chi connectivity index (χ2v) is 4.85. The lowest BCUT2D eigenvalue weighted by molar-refractivity contribution is 0.678. The molecular weight excluding hydrogens is 236 g/mol. The van der Waals surface area contributed by atoms with Crippen LogP contribution in [0.25, 0.3) is 0 Å². The molecule has 0 saturated carbocycles. The Kier molecular flexibility index (Phi) is 3.38. The lowest BCUT2D eigenvalue weighted by Crippen LogP contribution is -2.06. The Bertz CT molecular complexity index is 552. The maximum absolute atomic E-state index is 11.2. The van der Waals surface area contributed by atoms with Crippen molar-refractivity contribution in [2.45, 2.75) is 26.3 Å². The standard InChI is InChI=1S/C13H15ClN2O/c1-9(2)11-5-3-10(4-6-11)7-16-8-12(14)13(17)15-16/h3-6,8-9H,7H2,1-2H3,(H,15,17). The average molecular weight is 251 g/mol. The van der Waals surface area contributed by atoms with Gasteiger partial charge in [0.25, 0.3) is 5.56 Å². The summed E-state index contributed by atoms with van der Waals surface area (Å²) >= 11 is 5.70. The quantitative estimate of drug-likeness (QED) is 0.894. The third kappa shape index (κ3) is 2.80. The molecule has 0 aliphatic heterocycles. The summed E-state index contributed by atoms with van der Waals surface area (Å²) in [4.78, 5) is 11.2. The first-order valence-corrected chi connectivity index (χ1v) is 5.98. The molecule has 0 atom stereocenters. The van der Waals surface area contributed by atoms with Gasteiger partial charge in [-0.3, -0.25) is 14.6 Å². The normalized spacial score (nSPS) is 11.1. The Labute approximate surface area is 105 Å². The fourth-order valence-corrected chi connectivity index (χ4v) is 1.86. The van der Waals surface area contributed by atoms with Gasteiger partial charge in [0, 0.05) is 6.20 Å². The molecule has 0 aliphatic carbocycles. The van der Waals surface area contributed by atoms with Crippen LogP contribution >= 0.6 is 11.6 Å². The van der Waals surface area contributed by atoms with Crippen LogP contribution in [-0.4, -0.2) is 9.78 Å². The van der Waals surface area contributed by atoms with E-state index in [0.29, 0.717) is 12.5 Å². The first-order valence-electron chi connectivity index (χ1n) is 5.60. The van der Waals surface area contributed by atoms with Crippen molar-refractivity contribution in [3.63, 3.8) is 0 Å². The summed E-state index contributed by atoms with van der Waals surface area (Å²) in [6.07, 6.45) is 1.61. The lowest BCUT2D eigenvalue weighted by Gasteiger charge is -2.07. The fourth-order valence-electron chi connectivity index (χ4n) is 1.70. The summed E-state index contributed by atoms with van der Waals surface area (Å²) in [5.41, 5.74) is 2.20. The zero-order valence-corrected chi connectivity index (χ0v) is 10.7. The molecule has 0 aliphatic rings. The van der Waals surface area contributed by atoms with Crippen molar-refractivity contribution in [2.75, 3.05) is 0 Å². The van der Waals surface area contributed by atoms with Crippen LogP contribution in [0.15, 0.2) is 35.3 Å². The van der Waals surface area contributed by atoms with Crippen LogP contribution in [-0.2, 0) is 6.54 Å². The van der Waals surface area contributed by atoms with Gasteiger partial charge in [0.2, 0.25) is 0 Å². The van der Waals surface area contributed by atoms with E-state index in [-0.39, 0.29) is 10.6 Å². The van der Waals surface area contributed by atoms with E-state index >= 15 is 0 Å². The molecule has 17 heavy (non-hydrogen) atoms. The molecule has 1 heterocycles. The number of hydrogen-bond donors (Lipinski definition) is 1. The summed E-state index contributed by atoms with van der Waals surface area (Å²) in [7, 11) is 0. The summed E-state index contributed by atoms with van der Waals surface area (Å²) in [5, 5.41) is 2.89. The summed E-state index contributed by atoms with van der Waals surface area (Å²) < 4.78 is 1.69. The number of hydrogen-bond acceptors (Lipinski definition) is 1. The third-order valence-electron chi connectivity index (χ3n) is 2.73. The summed E-state index contributed by atoms with van der Waals surface area (Å²) in [5.74, 6) is 0.532. The molecule has 0 spiro atoms. The highest BCUT2D eigenvalue weighted by Gasteiger charge is 2.02. The predicted molar refractivity (Wildman–Crippen MR) is 69.7 cm³/mol. The van der Waals surface area contributed by atoms with E-state index in [1.807, 2.05) is 0 Å². The fraction of sp³-hybridized carbons (Fsp3) is 0.308. The van der Waals surface area contributed by atoms with Gasteiger partial charge < -0.3 is 0 Å². The van der Waals surface area contributed by atoms with Crippen molar-refractivity contribution in [3.8, 4) is 0 Å². The van der Waals surface area contributed by atoms with Gasteiger partial charge >= 0.3 is 0 Å². The molecule has 0 radical (unpaired) electrons. The van der Waals surface area contributed by atoms with Gasteiger partial charge in [-0.1, -0.05) is 49.7 Å².